The molecule has 0 bridgehead atoms. The number of ketones is 1. The van der Waals surface area contributed by atoms with Gasteiger partial charge in [-0.1, -0.05) is 0 Å². The second kappa shape index (κ2) is 5.27. The van der Waals surface area contributed by atoms with Gasteiger partial charge in [0.15, 0.2) is 5.78 Å². The summed E-state index contributed by atoms with van der Waals surface area (Å²) in [6.45, 7) is 3.96. The first-order valence-electron chi connectivity index (χ1n) is 4.75. The van der Waals surface area contributed by atoms with Crippen LogP contribution < -0.4 is 0 Å². The molecule has 78 valence electrons. The summed E-state index contributed by atoms with van der Waals surface area (Å²) < 4.78 is 5.10. The highest BCUT2D eigenvalue weighted by atomic mass is 32.1. The molecule has 3 heteroatoms. The van der Waals surface area contributed by atoms with Crippen molar-refractivity contribution < 1.29 is 9.53 Å². The second-order valence-electron chi connectivity index (χ2n) is 3.40. The molecule has 0 N–H and O–H groups in total. The number of Topliss-reactive ketones (excluding diaryl/α,β-unsaturated/α-hetero) is 1. The molecule has 0 radical (unpaired) electrons. The molecule has 1 aromatic rings. The fourth-order valence-corrected chi connectivity index (χ4v) is 1.98. The molecule has 0 aliphatic carbocycles. The molecule has 0 amide bonds. The van der Waals surface area contributed by atoms with Crippen LogP contribution in [0.25, 0.3) is 0 Å². The number of methoxy groups -OCH3 is 1. The lowest BCUT2D eigenvalue weighted by Gasteiger charge is -2.07. The van der Waals surface area contributed by atoms with Gasteiger partial charge in [0.25, 0.3) is 0 Å². The molecule has 1 rings (SSSR count). The van der Waals surface area contributed by atoms with Crippen LogP contribution in [0.2, 0.25) is 0 Å². The molecule has 0 fully saturated rings. The van der Waals surface area contributed by atoms with Crippen LogP contribution in [0.5, 0.6) is 0 Å². The van der Waals surface area contributed by atoms with Crippen molar-refractivity contribution in [3.05, 3.63) is 21.9 Å². The van der Waals surface area contributed by atoms with Gasteiger partial charge >= 0.3 is 0 Å². The number of ether oxygens (including phenoxy) is 1. The van der Waals surface area contributed by atoms with Crippen molar-refractivity contribution in [3.63, 3.8) is 0 Å². The van der Waals surface area contributed by atoms with Gasteiger partial charge < -0.3 is 4.74 Å². The zero-order chi connectivity index (χ0) is 10.6. The Kier molecular flexibility index (Phi) is 4.29. The fourth-order valence-electron chi connectivity index (χ4n) is 1.26. The van der Waals surface area contributed by atoms with E-state index < -0.39 is 0 Å². The van der Waals surface area contributed by atoms with Crippen molar-refractivity contribution >= 4 is 17.1 Å². The monoisotopic (exact) mass is 212 g/mol. The van der Waals surface area contributed by atoms with Crippen molar-refractivity contribution in [1.29, 1.82) is 0 Å². The minimum Gasteiger partial charge on any atom is -0.382 e. The van der Waals surface area contributed by atoms with E-state index >= 15 is 0 Å². The first kappa shape index (κ1) is 11.4. The molecule has 0 aliphatic heterocycles. The lowest BCUT2D eigenvalue weighted by molar-refractivity contribution is 0.0877. The van der Waals surface area contributed by atoms with Crippen molar-refractivity contribution in [2.24, 2.45) is 0 Å². The van der Waals surface area contributed by atoms with Crippen LogP contribution in [-0.2, 0) is 4.74 Å². The van der Waals surface area contributed by atoms with Crippen molar-refractivity contribution in [3.8, 4) is 0 Å². The molecule has 14 heavy (non-hydrogen) atoms. The van der Waals surface area contributed by atoms with E-state index in [9.17, 15) is 4.79 Å². The summed E-state index contributed by atoms with van der Waals surface area (Å²) >= 11 is 1.62. The number of aryl methyl sites for hydroxylation is 1. The normalized spacial score (nSPS) is 12.8. The predicted octanol–water partition coefficient (Wildman–Crippen LogP) is 3.05. The first-order valence-corrected chi connectivity index (χ1v) is 5.63. The Bertz CT molecular complexity index is 304. The first-order chi connectivity index (χ1) is 6.65. The third-order valence-electron chi connectivity index (χ3n) is 2.34. The minimum absolute atomic E-state index is 0.165. The fraction of sp³-hybridized carbons (Fsp3) is 0.545. The van der Waals surface area contributed by atoms with Crippen LogP contribution in [0.15, 0.2) is 11.4 Å². The number of hydrogen-bond acceptors (Lipinski definition) is 3. The molecular formula is C11H16O2S. The Labute approximate surface area is 88.9 Å². The summed E-state index contributed by atoms with van der Waals surface area (Å²) in [6, 6.07) is 1.90. The Morgan fingerprint density at radius 3 is 2.86 bits per heavy atom. The summed E-state index contributed by atoms with van der Waals surface area (Å²) in [6.07, 6.45) is 1.54. The molecule has 0 spiro atoms. The topological polar surface area (TPSA) is 26.3 Å². The van der Waals surface area contributed by atoms with Gasteiger partial charge in [-0.15, -0.1) is 11.3 Å². The van der Waals surface area contributed by atoms with Crippen LogP contribution in [0.1, 0.15) is 35.0 Å². The molecule has 0 aromatic carbocycles. The van der Waals surface area contributed by atoms with Crippen LogP contribution in [-0.4, -0.2) is 19.0 Å². The lowest BCUT2D eigenvalue weighted by atomic mass is 10.1. The molecule has 1 aromatic heterocycles. The van der Waals surface area contributed by atoms with E-state index in [-0.39, 0.29) is 11.9 Å². The Hall–Kier alpha value is -0.670. The minimum atomic E-state index is 0.165. The third-order valence-corrected chi connectivity index (χ3v) is 3.19. The SMILES string of the molecule is COC(C)CCC(=O)c1ccsc1C. The number of thiophene rings is 1. The molecule has 2 nitrogen and oxygen atoms in total. The van der Waals surface area contributed by atoms with E-state index in [1.54, 1.807) is 18.4 Å². The Balaban J connectivity index is 2.47. The summed E-state index contributed by atoms with van der Waals surface area (Å²) in [5.41, 5.74) is 0.873. The summed E-state index contributed by atoms with van der Waals surface area (Å²) in [5.74, 6) is 0.229. The largest absolute Gasteiger partial charge is 0.382 e. The van der Waals surface area contributed by atoms with Crippen molar-refractivity contribution in [2.45, 2.75) is 32.8 Å². The average Bonchev–Trinajstić information content (AvgIpc) is 2.60. The van der Waals surface area contributed by atoms with Gasteiger partial charge in [0, 0.05) is 24.0 Å². The number of rotatable bonds is 5. The lowest BCUT2D eigenvalue weighted by Crippen LogP contribution is -2.08. The second-order valence-corrected chi connectivity index (χ2v) is 4.52. The highest BCUT2D eigenvalue weighted by Crippen LogP contribution is 2.18. The highest BCUT2D eigenvalue weighted by molar-refractivity contribution is 7.10. The van der Waals surface area contributed by atoms with E-state index in [4.69, 9.17) is 4.74 Å². The van der Waals surface area contributed by atoms with Crippen LogP contribution in [0.4, 0.5) is 0 Å². The van der Waals surface area contributed by atoms with Gasteiger partial charge in [0.05, 0.1) is 6.10 Å². The van der Waals surface area contributed by atoms with E-state index in [0.717, 1.165) is 16.9 Å². The van der Waals surface area contributed by atoms with E-state index in [1.165, 1.54) is 0 Å². The zero-order valence-electron chi connectivity index (χ0n) is 8.87. The smallest absolute Gasteiger partial charge is 0.164 e. The maximum atomic E-state index is 11.7. The molecule has 0 aliphatic rings. The molecule has 1 heterocycles. The molecule has 0 saturated heterocycles. The van der Waals surface area contributed by atoms with Gasteiger partial charge in [0.1, 0.15) is 0 Å². The van der Waals surface area contributed by atoms with Crippen molar-refractivity contribution in [2.75, 3.05) is 7.11 Å². The third kappa shape index (κ3) is 2.93. The standard InChI is InChI=1S/C11H16O2S/c1-8(13-3)4-5-11(12)10-6-7-14-9(10)2/h6-8H,4-5H2,1-3H3. The predicted molar refractivity (Wildman–Crippen MR) is 59.1 cm³/mol. The van der Waals surface area contributed by atoms with E-state index in [1.807, 2.05) is 25.3 Å². The number of carbonyl (C=O) groups excluding carboxylic acids is 1. The quantitative estimate of drug-likeness (QED) is 0.701. The average molecular weight is 212 g/mol. The van der Waals surface area contributed by atoms with E-state index in [0.29, 0.717) is 6.42 Å². The van der Waals surface area contributed by atoms with E-state index in [2.05, 4.69) is 0 Å². The van der Waals surface area contributed by atoms with Crippen LogP contribution in [0, 0.1) is 6.92 Å². The van der Waals surface area contributed by atoms with Gasteiger partial charge in [-0.3, -0.25) is 4.79 Å². The summed E-state index contributed by atoms with van der Waals surface area (Å²) in [4.78, 5) is 12.8. The van der Waals surface area contributed by atoms with Crippen LogP contribution in [0.3, 0.4) is 0 Å². The maximum Gasteiger partial charge on any atom is 0.164 e. The maximum absolute atomic E-state index is 11.7. The summed E-state index contributed by atoms with van der Waals surface area (Å²) in [7, 11) is 1.67. The molecule has 1 unspecified atom stereocenters. The Morgan fingerprint density at radius 2 is 2.36 bits per heavy atom. The van der Waals surface area contributed by atoms with Gasteiger partial charge in [-0.25, -0.2) is 0 Å². The number of carbonyl (C=O) groups is 1. The highest BCUT2D eigenvalue weighted by Gasteiger charge is 2.11. The molecule has 1 atom stereocenters. The van der Waals surface area contributed by atoms with Gasteiger partial charge in [-0.05, 0) is 31.7 Å². The molecular weight excluding hydrogens is 196 g/mol. The van der Waals surface area contributed by atoms with Crippen LogP contribution >= 0.6 is 11.3 Å². The Morgan fingerprint density at radius 1 is 1.64 bits per heavy atom. The number of hydrogen-bond donors (Lipinski definition) is 0. The van der Waals surface area contributed by atoms with Crippen molar-refractivity contribution in [1.82, 2.24) is 0 Å². The van der Waals surface area contributed by atoms with Gasteiger partial charge in [-0.2, -0.15) is 0 Å². The van der Waals surface area contributed by atoms with Gasteiger partial charge in [0.2, 0.25) is 0 Å². The molecule has 0 saturated carbocycles. The summed E-state index contributed by atoms with van der Waals surface area (Å²) in [5, 5.41) is 1.96. The zero-order valence-corrected chi connectivity index (χ0v) is 9.69.